The number of carbonyl (C=O) groups excluding carboxylic acids is 1. The number of benzene rings is 2. The van der Waals surface area contributed by atoms with Gasteiger partial charge >= 0.3 is 5.69 Å². The van der Waals surface area contributed by atoms with Gasteiger partial charge in [-0.2, -0.15) is 0 Å². The lowest BCUT2D eigenvalue weighted by molar-refractivity contribution is -0.116. The van der Waals surface area contributed by atoms with E-state index in [1.165, 1.54) is 18.7 Å². The molecular formula is C31H29ClN4O5. The number of hydrogen-bond donors (Lipinski definition) is 1. The number of aromatic nitrogens is 3. The number of ether oxygens (including phenoxy) is 1. The van der Waals surface area contributed by atoms with Crippen molar-refractivity contribution in [1.82, 2.24) is 13.7 Å². The molecule has 0 bridgehead atoms. The molecule has 41 heavy (non-hydrogen) atoms. The number of amides is 1. The van der Waals surface area contributed by atoms with Crippen LogP contribution >= 0.6 is 11.6 Å². The second-order valence-electron chi connectivity index (χ2n) is 9.44. The average Bonchev–Trinajstić information content (AvgIpc) is 2.97. The van der Waals surface area contributed by atoms with Gasteiger partial charge < -0.3 is 14.6 Å². The number of halogens is 1. The highest BCUT2D eigenvalue weighted by atomic mass is 35.5. The lowest BCUT2D eigenvalue weighted by Crippen LogP contribution is -2.40. The summed E-state index contributed by atoms with van der Waals surface area (Å²) in [4.78, 5) is 50.6. The molecule has 9 nitrogen and oxygen atoms in total. The van der Waals surface area contributed by atoms with Gasteiger partial charge in [0.05, 0.1) is 20.2 Å². The van der Waals surface area contributed by atoms with Crippen molar-refractivity contribution in [2.75, 3.05) is 12.4 Å². The molecule has 0 spiro atoms. The number of anilines is 1. The third-order valence-electron chi connectivity index (χ3n) is 6.46. The SMILES string of the molecule is COc1cccn(Cc2cccc(C#CCn3c(Cl)c(NC(=O)CCc4ccc(C)cc4)c(=O)n(C)c3=O)c2)c1=O. The number of rotatable bonds is 8. The Morgan fingerprint density at radius 1 is 1.00 bits per heavy atom. The van der Waals surface area contributed by atoms with Gasteiger partial charge in [-0.3, -0.25) is 23.5 Å². The van der Waals surface area contributed by atoms with Crippen molar-refractivity contribution >= 4 is 23.2 Å². The molecule has 4 rings (SSSR count). The fourth-order valence-electron chi connectivity index (χ4n) is 4.16. The van der Waals surface area contributed by atoms with Crippen LogP contribution in [0.4, 0.5) is 5.69 Å². The summed E-state index contributed by atoms with van der Waals surface area (Å²) in [5.41, 5.74) is 1.85. The van der Waals surface area contributed by atoms with Crippen LogP contribution in [-0.2, 0) is 31.4 Å². The van der Waals surface area contributed by atoms with Gasteiger partial charge in [0.25, 0.3) is 11.1 Å². The second kappa shape index (κ2) is 13.0. The fraction of sp³-hybridized carbons (Fsp3) is 0.226. The zero-order valence-electron chi connectivity index (χ0n) is 22.9. The molecule has 210 valence electrons. The molecule has 0 saturated carbocycles. The molecular weight excluding hydrogens is 544 g/mol. The Kier molecular flexibility index (Phi) is 9.27. The highest BCUT2D eigenvalue weighted by molar-refractivity contribution is 6.32. The number of nitrogens with zero attached hydrogens (tertiary/aromatic N) is 3. The molecule has 0 fully saturated rings. The highest BCUT2D eigenvalue weighted by Crippen LogP contribution is 2.16. The Morgan fingerprint density at radius 3 is 2.49 bits per heavy atom. The molecule has 2 heterocycles. The Balaban J connectivity index is 1.50. The molecule has 0 aliphatic rings. The molecule has 0 unspecified atom stereocenters. The number of methoxy groups -OCH3 is 1. The number of carbonyl (C=O) groups is 1. The standard InChI is InChI=1S/C31H29ClN4O5/c1-21-11-13-22(14-12-21)15-16-26(37)33-27-28(32)36(31(40)34(2)30(27)39)18-5-9-23-7-4-8-24(19-23)20-35-17-6-10-25(41-3)29(35)38/h4,6-8,10-14,17,19H,15-16,18,20H2,1-3H3,(H,33,37). The van der Waals surface area contributed by atoms with Crippen LogP contribution in [0, 0.1) is 18.8 Å². The van der Waals surface area contributed by atoms with E-state index in [1.54, 1.807) is 24.4 Å². The summed E-state index contributed by atoms with van der Waals surface area (Å²) in [6.07, 6.45) is 2.30. The van der Waals surface area contributed by atoms with Crippen LogP contribution in [-0.4, -0.2) is 26.7 Å². The lowest BCUT2D eigenvalue weighted by atomic mass is 10.1. The van der Waals surface area contributed by atoms with Crippen molar-refractivity contribution < 1.29 is 9.53 Å². The summed E-state index contributed by atoms with van der Waals surface area (Å²) in [6, 6.07) is 18.5. The van der Waals surface area contributed by atoms with Crippen molar-refractivity contribution in [3.8, 4) is 17.6 Å². The Morgan fingerprint density at radius 2 is 1.76 bits per heavy atom. The Hall–Kier alpha value is -4.81. The van der Waals surface area contributed by atoms with Crippen molar-refractivity contribution in [1.29, 1.82) is 0 Å². The zero-order chi connectivity index (χ0) is 29.5. The smallest absolute Gasteiger partial charge is 0.332 e. The third kappa shape index (κ3) is 7.04. The molecule has 10 heteroatoms. The van der Waals surface area contributed by atoms with E-state index in [9.17, 15) is 19.2 Å². The van der Waals surface area contributed by atoms with E-state index in [1.807, 2.05) is 49.4 Å². The van der Waals surface area contributed by atoms with Crippen LogP contribution < -0.4 is 26.9 Å². The first-order valence-corrected chi connectivity index (χ1v) is 13.2. The molecule has 1 N–H and O–H groups in total. The normalized spacial score (nSPS) is 10.5. The molecule has 2 aromatic heterocycles. The largest absolute Gasteiger partial charge is 0.491 e. The van der Waals surface area contributed by atoms with Gasteiger partial charge in [-0.25, -0.2) is 4.79 Å². The van der Waals surface area contributed by atoms with Crippen molar-refractivity contribution in [2.24, 2.45) is 7.05 Å². The lowest BCUT2D eigenvalue weighted by Gasteiger charge is -2.13. The van der Waals surface area contributed by atoms with Crippen molar-refractivity contribution in [2.45, 2.75) is 32.9 Å². The maximum absolute atomic E-state index is 12.8. The van der Waals surface area contributed by atoms with Gasteiger partial charge in [-0.05, 0) is 48.7 Å². The second-order valence-corrected chi connectivity index (χ2v) is 9.80. The van der Waals surface area contributed by atoms with E-state index >= 15 is 0 Å². The highest BCUT2D eigenvalue weighted by Gasteiger charge is 2.18. The molecule has 0 radical (unpaired) electrons. The predicted molar refractivity (Wildman–Crippen MR) is 159 cm³/mol. The number of pyridine rings is 1. The van der Waals surface area contributed by atoms with E-state index in [0.717, 1.165) is 25.8 Å². The summed E-state index contributed by atoms with van der Waals surface area (Å²) in [7, 11) is 2.76. The van der Waals surface area contributed by atoms with Gasteiger partial charge in [-0.15, -0.1) is 0 Å². The zero-order valence-corrected chi connectivity index (χ0v) is 23.7. The average molecular weight is 573 g/mol. The minimum atomic E-state index is -0.701. The van der Waals surface area contributed by atoms with E-state index in [2.05, 4.69) is 17.2 Å². The quantitative estimate of drug-likeness (QED) is 0.258. The first-order valence-electron chi connectivity index (χ1n) is 12.8. The van der Waals surface area contributed by atoms with E-state index in [-0.39, 0.29) is 35.1 Å². The molecule has 0 aliphatic carbocycles. The van der Waals surface area contributed by atoms with Crippen LogP contribution in [0.15, 0.2) is 81.2 Å². The Labute approximate surface area is 241 Å². The van der Waals surface area contributed by atoms with Gasteiger partial charge in [0.15, 0.2) is 5.75 Å². The van der Waals surface area contributed by atoms with Gasteiger partial charge in [0.1, 0.15) is 10.8 Å². The monoisotopic (exact) mass is 572 g/mol. The molecule has 0 aliphatic heterocycles. The van der Waals surface area contributed by atoms with E-state index in [4.69, 9.17) is 16.3 Å². The molecule has 0 saturated heterocycles. The topological polar surface area (TPSA) is 104 Å². The maximum atomic E-state index is 12.8. The minimum absolute atomic E-state index is 0.113. The Bertz CT molecular complexity index is 1830. The maximum Gasteiger partial charge on any atom is 0.332 e. The summed E-state index contributed by atoms with van der Waals surface area (Å²) in [5, 5.41) is 2.38. The van der Waals surface area contributed by atoms with Gasteiger partial charge in [0, 0.05) is 25.2 Å². The molecule has 0 atom stereocenters. The van der Waals surface area contributed by atoms with E-state index < -0.39 is 17.2 Å². The molecule has 1 amide bonds. The van der Waals surface area contributed by atoms with Gasteiger partial charge in [-0.1, -0.05) is 65.4 Å². The van der Waals surface area contributed by atoms with Crippen LogP contribution in [0.5, 0.6) is 5.75 Å². The van der Waals surface area contributed by atoms with Crippen LogP contribution in [0.3, 0.4) is 0 Å². The third-order valence-corrected chi connectivity index (χ3v) is 6.85. The summed E-state index contributed by atoms with van der Waals surface area (Å²) in [6.45, 7) is 2.19. The molecule has 4 aromatic rings. The number of aryl methyl sites for hydroxylation is 2. The predicted octanol–water partition coefficient (Wildman–Crippen LogP) is 3.35. The van der Waals surface area contributed by atoms with Crippen molar-refractivity contribution in [3.63, 3.8) is 0 Å². The first-order chi connectivity index (χ1) is 19.7. The van der Waals surface area contributed by atoms with Crippen LogP contribution in [0.25, 0.3) is 0 Å². The summed E-state index contributed by atoms with van der Waals surface area (Å²) < 4.78 is 8.65. The number of nitrogens with one attached hydrogen (secondary N) is 1. The van der Waals surface area contributed by atoms with Crippen LogP contribution in [0.2, 0.25) is 5.15 Å². The van der Waals surface area contributed by atoms with Crippen molar-refractivity contribution in [3.05, 3.63) is 125 Å². The summed E-state index contributed by atoms with van der Waals surface area (Å²) in [5.74, 6) is 5.76. The van der Waals surface area contributed by atoms with Crippen LogP contribution in [0.1, 0.15) is 28.7 Å². The van der Waals surface area contributed by atoms with Gasteiger partial charge in [0.2, 0.25) is 5.91 Å². The fourth-order valence-corrected chi connectivity index (χ4v) is 4.42. The minimum Gasteiger partial charge on any atom is -0.491 e. The summed E-state index contributed by atoms with van der Waals surface area (Å²) >= 11 is 6.43. The first kappa shape index (κ1) is 29.2. The number of hydrogen-bond acceptors (Lipinski definition) is 5. The van der Waals surface area contributed by atoms with E-state index in [0.29, 0.717) is 18.5 Å². The molecule has 2 aromatic carbocycles.